The van der Waals surface area contributed by atoms with Crippen LogP contribution in [0.3, 0.4) is 0 Å². The highest BCUT2D eigenvalue weighted by Gasteiger charge is 2.46. The molecule has 0 spiro atoms. The topological polar surface area (TPSA) is 66.8 Å². The third kappa shape index (κ3) is 5.39. The monoisotopic (exact) mass is 521 g/mol. The second kappa shape index (κ2) is 10.4. The maximum Gasteiger partial charge on any atom is 0.295 e. The summed E-state index contributed by atoms with van der Waals surface area (Å²) in [6, 6.07) is 17.6. The molecule has 5 nitrogen and oxygen atoms in total. The molecule has 1 saturated heterocycles. The molecule has 1 aliphatic rings. The molecule has 0 radical (unpaired) electrons. The van der Waals surface area contributed by atoms with Crippen molar-refractivity contribution in [1.82, 2.24) is 4.90 Å². The first-order valence-electron chi connectivity index (χ1n) is 12.0. The number of aliphatic hydroxyl groups is 1. The summed E-state index contributed by atoms with van der Waals surface area (Å²) < 4.78 is 18.8. The number of likely N-dealkylation sites (tertiary alicyclic amines) is 1. The number of Topliss-reactive ketones (excluding diaryl/α,β-unsaturated/α-hetero) is 1. The molecule has 0 aromatic heterocycles. The van der Waals surface area contributed by atoms with Crippen molar-refractivity contribution in [1.29, 1.82) is 0 Å². The minimum absolute atomic E-state index is 0.0341. The summed E-state index contributed by atoms with van der Waals surface area (Å²) in [4.78, 5) is 28.1. The highest BCUT2D eigenvalue weighted by molar-refractivity contribution is 6.46. The van der Waals surface area contributed by atoms with Gasteiger partial charge in [0.15, 0.2) is 0 Å². The lowest BCUT2D eigenvalue weighted by atomic mass is 9.85. The van der Waals surface area contributed by atoms with Gasteiger partial charge in [-0.3, -0.25) is 9.59 Å². The standard InChI is InChI=1S/C30H29ClFNO4/c1-30(2,3)20-9-7-19(8-10-20)26-25(27(34)23-17-21(31)11-14-24(23)37-4)28(35)29(36)33(26)16-15-18-5-12-22(32)13-6-18/h5-14,17,26,34H,15-16H2,1-4H3/b27-25+. The number of nitrogens with zero attached hydrogens (tertiary/aromatic N) is 1. The van der Waals surface area contributed by atoms with E-state index in [1.807, 2.05) is 24.3 Å². The van der Waals surface area contributed by atoms with Crippen LogP contribution in [0.2, 0.25) is 5.02 Å². The van der Waals surface area contributed by atoms with E-state index < -0.39 is 17.7 Å². The van der Waals surface area contributed by atoms with Crippen molar-refractivity contribution < 1.29 is 23.8 Å². The summed E-state index contributed by atoms with van der Waals surface area (Å²) >= 11 is 6.18. The zero-order valence-electron chi connectivity index (χ0n) is 21.2. The minimum Gasteiger partial charge on any atom is -0.507 e. The number of benzene rings is 3. The molecule has 37 heavy (non-hydrogen) atoms. The van der Waals surface area contributed by atoms with E-state index in [0.717, 1.165) is 11.1 Å². The minimum atomic E-state index is -0.821. The second-order valence-electron chi connectivity index (χ2n) is 10.1. The van der Waals surface area contributed by atoms with Crippen molar-refractivity contribution in [3.63, 3.8) is 0 Å². The molecule has 1 aliphatic heterocycles. The van der Waals surface area contributed by atoms with Gasteiger partial charge in [-0.25, -0.2) is 4.39 Å². The average molecular weight is 522 g/mol. The molecule has 0 aliphatic carbocycles. The Morgan fingerprint density at radius 1 is 1.03 bits per heavy atom. The van der Waals surface area contributed by atoms with Crippen LogP contribution in [0, 0.1) is 5.82 Å². The second-order valence-corrected chi connectivity index (χ2v) is 10.5. The summed E-state index contributed by atoms with van der Waals surface area (Å²) in [5, 5.41) is 11.7. The van der Waals surface area contributed by atoms with E-state index in [1.165, 1.54) is 30.2 Å². The van der Waals surface area contributed by atoms with Crippen LogP contribution in [0.5, 0.6) is 5.75 Å². The number of amides is 1. The summed E-state index contributed by atoms with van der Waals surface area (Å²) in [6.45, 7) is 6.50. The third-order valence-electron chi connectivity index (χ3n) is 6.60. The maximum absolute atomic E-state index is 13.4. The Morgan fingerprint density at radius 2 is 1.68 bits per heavy atom. The molecular weight excluding hydrogens is 493 g/mol. The molecule has 1 amide bonds. The molecule has 1 heterocycles. The highest BCUT2D eigenvalue weighted by atomic mass is 35.5. The van der Waals surface area contributed by atoms with Gasteiger partial charge < -0.3 is 14.7 Å². The molecule has 4 rings (SSSR count). The van der Waals surface area contributed by atoms with E-state index in [2.05, 4.69) is 20.8 Å². The zero-order valence-corrected chi connectivity index (χ0v) is 22.0. The quantitative estimate of drug-likeness (QED) is 0.230. The number of rotatable bonds is 6. The first-order chi connectivity index (χ1) is 17.5. The maximum atomic E-state index is 13.4. The van der Waals surface area contributed by atoms with E-state index in [4.69, 9.17) is 16.3 Å². The number of carbonyl (C=O) groups is 2. The smallest absolute Gasteiger partial charge is 0.295 e. The Morgan fingerprint density at radius 3 is 2.27 bits per heavy atom. The number of hydrogen-bond acceptors (Lipinski definition) is 4. The van der Waals surface area contributed by atoms with Gasteiger partial charge >= 0.3 is 0 Å². The molecule has 0 saturated carbocycles. The van der Waals surface area contributed by atoms with Crippen LogP contribution in [0.15, 0.2) is 72.3 Å². The average Bonchev–Trinajstić information content (AvgIpc) is 3.12. The van der Waals surface area contributed by atoms with Crippen molar-refractivity contribution in [3.8, 4) is 5.75 Å². The lowest BCUT2D eigenvalue weighted by Crippen LogP contribution is -2.31. The molecule has 192 valence electrons. The first-order valence-corrected chi connectivity index (χ1v) is 12.4. The molecule has 7 heteroatoms. The number of methoxy groups -OCH3 is 1. The fourth-order valence-electron chi connectivity index (χ4n) is 4.53. The SMILES string of the molecule is COc1ccc(Cl)cc1/C(O)=C1\C(=O)C(=O)N(CCc2ccc(F)cc2)C1c1ccc(C(C)(C)C)cc1. The fourth-order valence-corrected chi connectivity index (χ4v) is 4.71. The number of hydrogen-bond donors (Lipinski definition) is 1. The fraction of sp³-hybridized carbons (Fsp3) is 0.267. The Kier molecular flexibility index (Phi) is 7.42. The number of aliphatic hydroxyl groups excluding tert-OH is 1. The van der Waals surface area contributed by atoms with Gasteiger partial charge in [-0.15, -0.1) is 0 Å². The lowest BCUT2D eigenvalue weighted by molar-refractivity contribution is -0.139. The summed E-state index contributed by atoms with van der Waals surface area (Å²) in [6.07, 6.45) is 0.407. The van der Waals surface area contributed by atoms with Crippen molar-refractivity contribution in [2.24, 2.45) is 0 Å². The van der Waals surface area contributed by atoms with E-state index in [1.54, 1.807) is 24.3 Å². The highest BCUT2D eigenvalue weighted by Crippen LogP contribution is 2.42. The van der Waals surface area contributed by atoms with Gasteiger partial charge in [-0.1, -0.05) is 68.8 Å². The van der Waals surface area contributed by atoms with Gasteiger partial charge in [-0.2, -0.15) is 0 Å². The van der Waals surface area contributed by atoms with Crippen LogP contribution >= 0.6 is 11.6 Å². The van der Waals surface area contributed by atoms with Crippen LogP contribution < -0.4 is 4.74 Å². The molecule has 3 aromatic rings. The van der Waals surface area contributed by atoms with Crippen LogP contribution in [0.25, 0.3) is 5.76 Å². The zero-order chi connectivity index (χ0) is 26.9. The molecular formula is C30H29ClFNO4. The van der Waals surface area contributed by atoms with E-state index in [-0.39, 0.29) is 34.7 Å². The third-order valence-corrected chi connectivity index (χ3v) is 6.84. The van der Waals surface area contributed by atoms with Crippen molar-refractivity contribution in [3.05, 3.63) is 105 Å². The number of carbonyl (C=O) groups excluding carboxylic acids is 2. The predicted octanol–water partition coefficient (Wildman–Crippen LogP) is 6.45. The number of ketones is 1. The van der Waals surface area contributed by atoms with Gasteiger partial charge in [0.1, 0.15) is 17.3 Å². The van der Waals surface area contributed by atoms with Gasteiger partial charge in [0.2, 0.25) is 0 Å². The van der Waals surface area contributed by atoms with Crippen molar-refractivity contribution in [2.75, 3.05) is 13.7 Å². The molecule has 3 aromatic carbocycles. The van der Waals surface area contributed by atoms with E-state index in [9.17, 15) is 19.1 Å². The summed E-state index contributed by atoms with van der Waals surface area (Å²) in [7, 11) is 1.45. The molecule has 1 N–H and O–H groups in total. The van der Waals surface area contributed by atoms with E-state index >= 15 is 0 Å². The van der Waals surface area contributed by atoms with Crippen LogP contribution in [0.1, 0.15) is 49.1 Å². The van der Waals surface area contributed by atoms with Crippen molar-refractivity contribution >= 4 is 29.1 Å². The molecule has 1 unspecified atom stereocenters. The number of ether oxygens (including phenoxy) is 1. The Labute approximate surface area is 221 Å². The van der Waals surface area contributed by atoms with Gasteiger partial charge in [0.05, 0.1) is 24.3 Å². The Balaban J connectivity index is 1.83. The normalized spacial score (nSPS) is 17.4. The van der Waals surface area contributed by atoms with Gasteiger partial charge in [-0.05, 0) is 58.9 Å². The molecule has 0 bridgehead atoms. The van der Waals surface area contributed by atoms with Crippen LogP contribution in [-0.4, -0.2) is 35.4 Å². The molecule has 1 fully saturated rings. The van der Waals surface area contributed by atoms with E-state index in [0.29, 0.717) is 22.8 Å². The van der Waals surface area contributed by atoms with Crippen molar-refractivity contribution in [2.45, 2.75) is 38.6 Å². The first kappa shape index (κ1) is 26.4. The summed E-state index contributed by atoms with van der Waals surface area (Å²) in [5.74, 6) is -1.88. The predicted molar refractivity (Wildman–Crippen MR) is 142 cm³/mol. The largest absolute Gasteiger partial charge is 0.507 e. The van der Waals surface area contributed by atoms with Gasteiger partial charge in [0, 0.05) is 11.6 Å². The Hall–Kier alpha value is -3.64. The summed E-state index contributed by atoms with van der Waals surface area (Å²) in [5.41, 5.74) is 2.71. The Bertz CT molecular complexity index is 1360. The van der Waals surface area contributed by atoms with Crippen LogP contribution in [0.4, 0.5) is 4.39 Å². The van der Waals surface area contributed by atoms with Crippen LogP contribution in [-0.2, 0) is 21.4 Å². The van der Waals surface area contributed by atoms with Gasteiger partial charge in [0.25, 0.3) is 11.7 Å². The number of halogens is 2. The molecule has 1 atom stereocenters. The lowest BCUT2D eigenvalue weighted by Gasteiger charge is -2.26.